The lowest BCUT2D eigenvalue weighted by molar-refractivity contribution is 0.268. The van der Waals surface area contributed by atoms with E-state index in [1.54, 1.807) is 12.3 Å². The zero-order chi connectivity index (χ0) is 5.82. The van der Waals surface area contributed by atoms with Crippen LogP contribution in [-0.2, 0) is 4.74 Å². The van der Waals surface area contributed by atoms with Crippen molar-refractivity contribution in [3.63, 3.8) is 0 Å². The number of rotatable bonds is 1. The maximum atomic E-state index is 5.07. The maximum Gasteiger partial charge on any atom is 0.128 e. The standard InChI is InChI=1S/C5H8N2O/c6-7-5-2-1-3-8-4-5/h1-3,7H,4,6H2. The van der Waals surface area contributed by atoms with Crippen molar-refractivity contribution in [1.29, 1.82) is 0 Å². The third kappa shape index (κ3) is 1.01. The van der Waals surface area contributed by atoms with Crippen LogP contribution in [0.2, 0.25) is 0 Å². The van der Waals surface area contributed by atoms with Crippen LogP contribution in [0, 0.1) is 0 Å². The second-order valence-electron chi connectivity index (χ2n) is 1.48. The van der Waals surface area contributed by atoms with E-state index in [1.807, 2.05) is 6.08 Å². The van der Waals surface area contributed by atoms with E-state index in [1.165, 1.54) is 0 Å². The summed E-state index contributed by atoms with van der Waals surface area (Å²) in [6, 6.07) is 0. The lowest BCUT2D eigenvalue weighted by Crippen LogP contribution is -2.24. The number of ether oxygens (including phenoxy) is 1. The molecular weight excluding hydrogens is 104 g/mol. The van der Waals surface area contributed by atoms with E-state index >= 15 is 0 Å². The van der Waals surface area contributed by atoms with Crippen LogP contribution in [0.3, 0.4) is 0 Å². The first-order valence-electron chi connectivity index (χ1n) is 2.37. The second kappa shape index (κ2) is 2.37. The van der Waals surface area contributed by atoms with Gasteiger partial charge in [0.1, 0.15) is 6.61 Å². The van der Waals surface area contributed by atoms with Crippen molar-refractivity contribution < 1.29 is 4.74 Å². The molecular formula is C5H8N2O. The van der Waals surface area contributed by atoms with E-state index in [0.717, 1.165) is 5.70 Å². The molecule has 8 heavy (non-hydrogen) atoms. The van der Waals surface area contributed by atoms with Gasteiger partial charge in [-0.2, -0.15) is 0 Å². The number of allylic oxidation sites excluding steroid dienone is 2. The van der Waals surface area contributed by atoms with Gasteiger partial charge in [0.15, 0.2) is 0 Å². The molecule has 0 fully saturated rings. The van der Waals surface area contributed by atoms with E-state index in [0.29, 0.717) is 6.61 Å². The van der Waals surface area contributed by atoms with Gasteiger partial charge < -0.3 is 10.2 Å². The molecule has 0 radical (unpaired) electrons. The van der Waals surface area contributed by atoms with Crippen LogP contribution in [0.4, 0.5) is 0 Å². The summed E-state index contributed by atoms with van der Waals surface area (Å²) in [7, 11) is 0. The summed E-state index contributed by atoms with van der Waals surface area (Å²) in [5.41, 5.74) is 3.38. The third-order valence-electron chi connectivity index (χ3n) is 0.896. The molecule has 0 aliphatic carbocycles. The highest BCUT2D eigenvalue weighted by Gasteiger charge is 1.93. The first kappa shape index (κ1) is 5.18. The first-order valence-corrected chi connectivity index (χ1v) is 2.37. The SMILES string of the molecule is NNC1=CC=COC1. The summed E-state index contributed by atoms with van der Waals surface area (Å²) in [6.07, 6.45) is 5.28. The molecule has 0 saturated heterocycles. The monoisotopic (exact) mass is 112 g/mol. The molecule has 44 valence electrons. The van der Waals surface area contributed by atoms with E-state index < -0.39 is 0 Å². The molecule has 1 aliphatic heterocycles. The van der Waals surface area contributed by atoms with E-state index in [9.17, 15) is 0 Å². The molecule has 3 N–H and O–H groups in total. The molecule has 0 aromatic heterocycles. The zero-order valence-corrected chi connectivity index (χ0v) is 4.42. The molecule has 0 saturated carbocycles. The second-order valence-corrected chi connectivity index (χ2v) is 1.48. The topological polar surface area (TPSA) is 47.3 Å². The molecule has 0 aromatic carbocycles. The average molecular weight is 112 g/mol. The molecule has 1 rings (SSSR count). The minimum atomic E-state index is 0.549. The fourth-order valence-electron chi connectivity index (χ4n) is 0.487. The Morgan fingerprint density at radius 3 is 3.00 bits per heavy atom. The van der Waals surface area contributed by atoms with E-state index in [-0.39, 0.29) is 0 Å². The Morgan fingerprint density at radius 2 is 2.62 bits per heavy atom. The van der Waals surface area contributed by atoms with Crippen molar-refractivity contribution in [3.8, 4) is 0 Å². The average Bonchev–Trinajstić information content (AvgIpc) is 1.90. The number of hydrogen-bond acceptors (Lipinski definition) is 3. The summed E-state index contributed by atoms with van der Waals surface area (Å²) < 4.78 is 4.88. The number of hydrazine groups is 1. The Morgan fingerprint density at radius 1 is 1.75 bits per heavy atom. The molecule has 0 amide bonds. The van der Waals surface area contributed by atoms with Gasteiger partial charge in [0.25, 0.3) is 0 Å². The van der Waals surface area contributed by atoms with Crippen LogP contribution < -0.4 is 11.3 Å². The normalized spacial score (nSPS) is 16.9. The highest BCUT2D eigenvalue weighted by molar-refractivity contribution is 5.12. The fourth-order valence-corrected chi connectivity index (χ4v) is 0.487. The van der Waals surface area contributed by atoms with Crippen LogP contribution in [0.15, 0.2) is 24.1 Å². The van der Waals surface area contributed by atoms with Crippen LogP contribution >= 0.6 is 0 Å². The summed E-state index contributed by atoms with van der Waals surface area (Å²) in [5.74, 6) is 5.07. The summed E-state index contributed by atoms with van der Waals surface area (Å²) >= 11 is 0. The molecule has 0 unspecified atom stereocenters. The molecule has 1 aliphatic rings. The Bertz CT molecular complexity index is 128. The highest BCUT2D eigenvalue weighted by atomic mass is 16.5. The summed E-state index contributed by atoms with van der Waals surface area (Å²) in [4.78, 5) is 0. The van der Waals surface area contributed by atoms with Crippen LogP contribution in [0.1, 0.15) is 0 Å². The molecule has 0 spiro atoms. The van der Waals surface area contributed by atoms with Crippen LogP contribution in [-0.4, -0.2) is 6.61 Å². The Kier molecular flexibility index (Phi) is 1.54. The minimum Gasteiger partial charge on any atom is -0.495 e. The van der Waals surface area contributed by atoms with Gasteiger partial charge in [0, 0.05) is 0 Å². The van der Waals surface area contributed by atoms with Crippen LogP contribution in [0.5, 0.6) is 0 Å². The van der Waals surface area contributed by atoms with E-state index in [4.69, 9.17) is 10.6 Å². The molecule has 1 heterocycles. The van der Waals surface area contributed by atoms with Gasteiger partial charge in [-0.3, -0.25) is 5.84 Å². The van der Waals surface area contributed by atoms with Gasteiger partial charge >= 0.3 is 0 Å². The van der Waals surface area contributed by atoms with Crippen molar-refractivity contribution in [2.24, 2.45) is 5.84 Å². The number of nitrogens with one attached hydrogen (secondary N) is 1. The van der Waals surface area contributed by atoms with Crippen molar-refractivity contribution in [3.05, 3.63) is 24.1 Å². The predicted molar refractivity (Wildman–Crippen MR) is 30.5 cm³/mol. The van der Waals surface area contributed by atoms with Crippen molar-refractivity contribution in [2.45, 2.75) is 0 Å². The minimum absolute atomic E-state index is 0.549. The third-order valence-corrected chi connectivity index (χ3v) is 0.896. The Labute approximate surface area is 47.8 Å². The van der Waals surface area contributed by atoms with Gasteiger partial charge in [-0.15, -0.1) is 0 Å². The van der Waals surface area contributed by atoms with Crippen LogP contribution in [0.25, 0.3) is 0 Å². The first-order chi connectivity index (χ1) is 3.93. The molecule has 0 aromatic rings. The smallest absolute Gasteiger partial charge is 0.128 e. The maximum absolute atomic E-state index is 5.07. The van der Waals surface area contributed by atoms with Gasteiger partial charge in [-0.25, -0.2) is 0 Å². The molecule has 3 heteroatoms. The molecule has 0 atom stereocenters. The summed E-state index contributed by atoms with van der Waals surface area (Å²) in [6.45, 7) is 0.549. The number of hydrogen-bond donors (Lipinski definition) is 2. The van der Waals surface area contributed by atoms with Crippen molar-refractivity contribution in [1.82, 2.24) is 5.43 Å². The molecule has 3 nitrogen and oxygen atoms in total. The van der Waals surface area contributed by atoms with Gasteiger partial charge in [0.2, 0.25) is 0 Å². The Balaban J connectivity index is 2.50. The summed E-state index contributed by atoms with van der Waals surface area (Å²) in [5, 5.41) is 0. The predicted octanol–water partition coefficient (Wildman–Crippen LogP) is -0.123. The van der Waals surface area contributed by atoms with Crippen molar-refractivity contribution in [2.75, 3.05) is 6.61 Å². The lowest BCUT2D eigenvalue weighted by atomic mass is 10.4. The van der Waals surface area contributed by atoms with E-state index in [2.05, 4.69) is 5.43 Å². The zero-order valence-electron chi connectivity index (χ0n) is 4.42. The quantitative estimate of drug-likeness (QED) is 0.367. The fraction of sp³-hybridized carbons (Fsp3) is 0.200. The molecule has 0 bridgehead atoms. The van der Waals surface area contributed by atoms with Gasteiger partial charge in [-0.05, 0) is 12.2 Å². The largest absolute Gasteiger partial charge is 0.495 e. The van der Waals surface area contributed by atoms with Crippen molar-refractivity contribution >= 4 is 0 Å². The van der Waals surface area contributed by atoms with Gasteiger partial charge in [-0.1, -0.05) is 0 Å². The number of nitrogens with two attached hydrogens (primary N) is 1. The highest BCUT2D eigenvalue weighted by Crippen LogP contribution is 1.96. The lowest BCUT2D eigenvalue weighted by Gasteiger charge is -2.07. The van der Waals surface area contributed by atoms with Gasteiger partial charge in [0.05, 0.1) is 12.0 Å². The Hall–Kier alpha value is -0.960.